The Balaban J connectivity index is 1.17. The van der Waals surface area contributed by atoms with Crippen LogP contribution in [0.2, 0.25) is 0 Å². The summed E-state index contributed by atoms with van der Waals surface area (Å²) in [5, 5.41) is 37.5. The Kier molecular flexibility index (Phi) is 8.72. The minimum absolute atomic E-state index is 0.0366. The molecular weight excluding hydrogens is 602 g/mol. The quantitative estimate of drug-likeness (QED) is 0.171. The van der Waals surface area contributed by atoms with Gasteiger partial charge in [-0.25, -0.2) is 9.59 Å². The predicted molar refractivity (Wildman–Crippen MR) is 172 cm³/mol. The lowest BCUT2D eigenvalue weighted by atomic mass is 9.49. The Labute approximate surface area is 271 Å². The minimum atomic E-state index is -1.36. The lowest BCUT2D eigenvalue weighted by Crippen LogP contribution is -2.51. The normalized spacial score (nSPS) is 23.0. The van der Waals surface area contributed by atoms with Gasteiger partial charge in [-0.3, -0.25) is 14.4 Å². The first-order valence-corrected chi connectivity index (χ1v) is 15.9. The van der Waals surface area contributed by atoms with Crippen LogP contribution in [0, 0.1) is 23.2 Å². The van der Waals surface area contributed by atoms with Gasteiger partial charge in [0.05, 0.1) is 28.2 Å². The molecule has 4 aliphatic carbocycles. The number of amides is 3. The lowest BCUT2D eigenvalue weighted by molar-refractivity contribution is -0.117. The number of carbonyl (C=O) groups is 5. The molecule has 0 aromatic heterocycles. The van der Waals surface area contributed by atoms with Crippen LogP contribution in [0.4, 0.5) is 5.69 Å². The highest BCUT2D eigenvalue weighted by Gasteiger charge is 2.50. The summed E-state index contributed by atoms with van der Waals surface area (Å²) in [7, 11) is 0. The summed E-state index contributed by atoms with van der Waals surface area (Å²) in [4.78, 5) is 63.7. The van der Waals surface area contributed by atoms with Crippen LogP contribution in [-0.2, 0) is 4.79 Å². The highest BCUT2D eigenvalue weighted by atomic mass is 16.4. The molecule has 0 aliphatic heterocycles. The first-order valence-electron chi connectivity index (χ1n) is 15.9. The minimum Gasteiger partial charge on any atom is -0.508 e. The van der Waals surface area contributed by atoms with Gasteiger partial charge < -0.3 is 31.3 Å². The largest absolute Gasteiger partial charge is 0.508 e. The maximum atomic E-state index is 13.5. The highest BCUT2D eigenvalue weighted by Crippen LogP contribution is 2.59. The molecule has 3 amide bonds. The zero-order valence-electron chi connectivity index (χ0n) is 25.7. The Morgan fingerprint density at radius 2 is 1.30 bits per heavy atom. The van der Waals surface area contributed by atoms with Gasteiger partial charge in [0.2, 0.25) is 5.91 Å². The van der Waals surface area contributed by atoms with Crippen molar-refractivity contribution >= 4 is 35.3 Å². The number of phenols is 1. The Bertz CT molecular complexity index is 1670. The van der Waals surface area contributed by atoms with E-state index in [0.29, 0.717) is 12.1 Å². The van der Waals surface area contributed by atoms with Crippen LogP contribution in [0.25, 0.3) is 0 Å². The average molecular weight is 640 g/mol. The van der Waals surface area contributed by atoms with E-state index >= 15 is 0 Å². The first-order chi connectivity index (χ1) is 22.5. The number of hydrogen-bond donors (Lipinski definition) is 6. The van der Waals surface area contributed by atoms with Crippen molar-refractivity contribution < 1.29 is 39.3 Å². The van der Waals surface area contributed by atoms with Gasteiger partial charge >= 0.3 is 11.9 Å². The van der Waals surface area contributed by atoms with Crippen molar-refractivity contribution in [3.8, 4) is 5.75 Å². The SMILES string of the molecule is O=C(O)c1cc(NC(=O)C(CNC(=O)c2cc(O)ccc2C(=O)NCC23CC4CC(CC(C4)C2)C3)c2ccccc2)cc(C(=O)O)c1. The van der Waals surface area contributed by atoms with Gasteiger partial charge in [0.15, 0.2) is 0 Å². The standard InChI is InChI=1S/C36H37N3O8/c40-27-6-7-28(31(41)38-19-36-15-20-8-21(16-36)10-22(9-20)17-36)29(14-27)32(42)37-18-30(23-4-2-1-3-5-23)33(43)39-26-12-24(34(44)45)11-25(13-26)35(46)47/h1-7,11-14,20-22,30,40H,8-10,15-19H2,(H,37,42)(H,38,41)(H,39,43)(H,44,45)(H,46,47). The number of phenolic OH excluding ortho intramolecular Hbond substituents is 1. The van der Waals surface area contributed by atoms with Gasteiger partial charge in [0.25, 0.3) is 11.8 Å². The average Bonchev–Trinajstić information content (AvgIpc) is 3.03. The number of hydrogen-bond acceptors (Lipinski definition) is 6. The fraction of sp³-hybridized carbons (Fsp3) is 0.361. The van der Waals surface area contributed by atoms with E-state index in [1.165, 1.54) is 37.5 Å². The van der Waals surface area contributed by atoms with Crippen molar-refractivity contribution in [2.75, 3.05) is 18.4 Å². The third kappa shape index (κ3) is 6.98. The second-order valence-corrected chi connectivity index (χ2v) is 13.4. The van der Waals surface area contributed by atoms with Crippen molar-refractivity contribution in [2.24, 2.45) is 23.2 Å². The maximum Gasteiger partial charge on any atom is 0.335 e. The second kappa shape index (κ2) is 12.9. The van der Waals surface area contributed by atoms with Crippen molar-refractivity contribution in [1.29, 1.82) is 0 Å². The molecule has 4 bridgehead atoms. The van der Waals surface area contributed by atoms with Crippen molar-refractivity contribution in [3.05, 3.63) is 94.5 Å². The number of nitrogens with one attached hydrogen (secondary N) is 3. The molecule has 0 saturated heterocycles. The van der Waals surface area contributed by atoms with Gasteiger partial charge in [-0.15, -0.1) is 0 Å². The van der Waals surface area contributed by atoms with E-state index in [2.05, 4.69) is 16.0 Å². The van der Waals surface area contributed by atoms with Crippen LogP contribution < -0.4 is 16.0 Å². The highest BCUT2D eigenvalue weighted by molar-refractivity contribution is 6.08. The smallest absolute Gasteiger partial charge is 0.335 e. The Morgan fingerprint density at radius 3 is 1.87 bits per heavy atom. The van der Waals surface area contributed by atoms with Crippen LogP contribution in [0.15, 0.2) is 66.7 Å². The summed E-state index contributed by atoms with van der Waals surface area (Å²) in [6.45, 7) is 0.323. The zero-order chi connectivity index (χ0) is 33.3. The topological polar surface area (TPSA) is 182 Å². The van der Waals surface area contributed by atoms with E-state index in [9.17, 15) is 39.3 Å². The lowest BCUT2D eigenvalue weighted by Gasteiger charge is -2.56. The molecule has 3 aromatic rings. The van der Waals surface area contributed by atoms with Crippen LogP contribution in [0.1, 0.15) is 91.4 Å². The van der Waals surface area contributed by atoms with Crippen LogP contribution in [0.5, 0.6) is 5.75 Å². The Hall–Kier alpha value is -5.19. The number of rotatable bonds is 11. The van der Waals surface area contributed by atoms with Crippen LogP contribution in [0.3, 0.4) is 0 Å². The molecule has 4 fully saturated rings. The van der Waals surface area contributed by atoms with Gasteiger partial charge in [0, 0.05) is 18.8 Å². The molecule has 1 unspecified atom stereocenters. The third-order valence-corrected chi connectivity index (χ3v) is 9.96. The summed E-state index contributed by atoms with van der Waals surface area (Å²) in [5.41, 5.74) is 0.0196. The third-order valence-electron chi connectivity index (χ3n) is 9.96. The van der Waals surface area contributed by atoms with Gasteiger partial charge in [-0.2, -0.15) is 0 Å². The fourth-order valence-corrected chi connectivity index (χ4v) is 8.30. The molecule has 0 heterocycles. The molecule has 4 aliphatic rings. The zero-order valence-corrected chi connectivity index (χ0v) is 25.7. The molecule has 4 saturated carbocycles. The van der Waals surface area contributed by atoms with Crippen molar-refractivity contribution in [3.63, 3.8) is 0 Å². The van der Waals surface area contributed by atoms with E-state index in [1.807, 2.05) is 0 Å². The molecule has 11 nitrogen and oxygen atoms in total. The summed E-state index contributed by atoms with van der Waals surface area (Å²) in [5.74, 6) is -3.43. The number of carboxylic acids is 2. The number of aromatic hydroxyl groups is 1. The second-order valence-electron chi connectivity index (χ2n) is 13.4. The molecule has 47 heavy (non-hydrogen) atoms. The summed E-state index contributed by atoms with van der Waals surface area (Å²) in [6.07, 6.45) is 7.21. The first kappa shape index (κ1) is 31.8. The van der Waals surface area contributed by atoms with Gasteiger partial charge in [0.1, 0.15) is 5.75 Å². The molecule has 11 heteroatoms. The van der Waals surface area contributed by atoms with Crippen LogP contribution >= 0.6 is 0 Å². The van der Waals surface area contributed by atoms with E-state index in [0.717, 1.165) is 55.2 Å². The number of carbonyl (C=O) groups excluding carboxylic acids is 3. The number of aromatic carboxylic acids is 2. The monoisotopic (exact) mass is 639 g/mol. The number of benzene rings is 3. The molecule has 7 rings (SSSR count). The molecule has 244 valence electrons. The fourth-order valence-electron chi connectivity index (χ4n) is 8.30. The van der Waals surface area contributed by atoms with E-state index < -0.39 is 35.6 Å². The van der Waals surface area contributed by atoms with Crippen LogP contribution in [-0.4, -0.2) is 58.1 Å². The molecule has 1 atom stereocenters. The molecular formula is C36H37N3O8. The Morgan fingerprint density at radius 1 is 0.723 bits per heavy atom. The van der Waals surface area contributed by atoms with Crippen molar-refractivity contribution in [2.45, 2.75) is 44.4 Å². The summed E-state index contributed by atoms with van der Waals surface area (Å²) >= 11 is 0. The molecule has 6 N–H and O–H groups in total. The van der Waals surface area contributed by atoms with Gasteiger partial charge in [-0.05, 0) is 104 Å². The van der Waals surface area contributed by atoms with Gasteiger partial charge in [-0.1, -0.05) is 30.3 Å². The number of carboxylic acid groups (broad SMARTS) is 2. The van der Waals surface area contributed by atoms with E-state index in [-0.39, 0.29) is 45.7 Å². The van der Waals surface area contributed by atoms with E-state index in [4.69, 9.17) is 0 Å². The summed E-state index contributed by atoms with van der Waals surface area (Å²) in [6, 6.07) is 15.8. The van der Waals surface area contributed by atoms with E-state index in [1.54, 1.807) is 30.3 Å². The predicted octanol–water partition coefficient (Wildman–Crippen LogP) is 4.89. The molecule has 0 radical (unpaired) electrons. The number of anilines is 1. The molecule has 3 aromatic carbocycles. The molecule has 0 spiro atoms. The maximum absolute atomic E-state index is 13.5. The summed E-state index contributed by atoms with van der Waals surface area (Å²) < 4.78 is 0. The van der Waals surface area contributed by atoms with Crippen molar-refractivity contribution in [1.82, 2.24) is 10.6 Å².